The van der Waals surface area contributed by atoms with Crippen LogP contribution in [0.4, 0.5) is 5.69 Å². The number of fused-ring (bicyclic) bond motifs is 1. The zero-order valence-corrected chi connectivity index (χ0v) is 22.7. The summed E-state index contributed by atoms with van der Waals surface area (Å²) in [6, 6.07) is 19.8. The third-order valence-corrected chi connectivity index (χ3v) is 8.68. The Labute approximate surface area is 225 Å². The number of allylic oxidation sites excluding steroid dienone is 1. The van der Waals surface area contributed by atoms with E-state index in [0.29, 0.717) is 22.6 Å². The number of para-hydroxylation sites is 1. The Morgan fingerprint density at radius 3 is 2.34 bits per heavy atom. The lowest BCUT2D eigenvalue weighted by atomic mass is 10.2. The number of sulfonamides is 1. The highest BCUT2D eigenvalue weighted by molar-refractivity contribution is 7.92. The van der Waals surface area contributed by atoms with Crippen LogP contribution >= 0.6 is 11.3 Å². The van der Waals surface area contributed by atoms with Gasteiger partial charge in [0, 0.05) is 18.7 Å². The molecular weight excluding hydrogens is 522 g/mol. The lowest BCUT2D eigenvalue weighted by Crippen LogP contribution is -2.30. The minimum Gasteiger partial charge on any atom is -0.462 e. The monoisotopic (exact) mass is 549 g/mol. The van der Waals surface area contributed by atoms with Crippen molar-refractivity contribution in [3.63, 3.8) is 0 Å². The molecule has 4 aromatic rings. The van der Waals surface area contributed by atoms with Gasteiger partial charge in [-0.05, 0) is 68.4 Å². The van der Waals surface area contributed by atoms with Gasteiger partial charge in [-0.25, -0.2) is 13.2 Å². The number of thiazole rings is 1. The van der Waals surface area contributed by atoms with Gasteiger partial charge in [-0.3, -0.25) is 9.10 Å². The molecule has 3 aromatic carbocycles. The SMILES string of the molecule is C=CCn1c(=NC(=O)c2ccc(S(=O)(=O)N(CC)c3ccccc3)cc2)sc2cc(C(=O)OCC)ccc21. The molecule has 38 heavy (non-hydrogen) atoms. The van der Waals surface area contributed by atoms with Crippen molar-refractivity contribution in [3.8, 4) is 0 Å². The first-order valence-electron chi connectivity index (χ1n) is 12.0. The number of hydrogen-bond donors (Lipinski definition) is 0. The summed E-state index contributed by atoms with van der Waals surface area (Å²) in [5, 5.41) is 0. The summed E-state index contributed by atoms with van der Waals surface area (Å²) < 4.78 is 35.5. The van der Waals surface area contributed by atoms with E-state index in [1.54, 1.807) is 62.4 Å². The predicted octanol–water partition coefficient (Wildman–Crippen LogP) is 5.02. The molecule has 0 bridgehead atoms. The second-order valence-electron chi connectivity index (χ2n) is 8.13. The van der Waals surface area contributed by atoms with E-state index in [1.807, 2.05) is 10.6 Å². The van der Waals surface area contributed by atoms with Crippen LogP contribution in [0, 0.1) is 0 Å². The van der Waals surface area contributed by atoms with Crippen LogP contribution < -0.4 is 9.11 Å². The Morgan fingerprint density at radius 2 is 1.71 bits per heavy atom. The largest absolute Gasteiger partial charge is 0.462 e. The maximum Gasteiger partial charge on any atom is 0.338 e. The maximum atomic E-state index is 13.2. The zero-order chi connectivity index (χ0) is 27.3. The van der Waals surface area contributed by atoms with Crippen molar-refractivity contribution >= 4 is 49.1 Å². The molecule has 0 aliphatic heterocycles. The van der Waals surface area contributed by atoms with Gasteiger partial charge in [0.05, 0.1) is 33.0 Å². The number of rotatable bonds is 9. The van der Waals surface area contributed by atoms with E-state index in [9.17, 15) is 18.0 Å². The molecule has 1 amide bonds. The lowest BCUT2D eigenvalue weighted by Gasteiger charge is -2.22. The average molecular weight is 550 g/mol. The van der Waals surface area contributed by atoms with E-state index in [0.717, 1.165) is 10.2 Å². The molecule has 0 spiro atoms. The van der Waals surface area contributed by atoms with Crippen molar-refractivity contribution in [2.75, 3.05) is 17.5 Å². The predicted molar refractivity (Wildman–Crippen MR) is 149 cm³/mol. The Kier molecular flexibility index (Phi) is 8.23. The fraction of sp³-hybridized carbons (Fsp3) is 0.179. The summed E-state index contributed by atoms with van der Waals surface area (Å²) >= 11 is 1.27. The fourth-order valence-electron chi connectivity index (χ4n) is 3.94. The lowest BCUT2D eigenvalue weighted by molar-refractivity contribution is 0.0526. The first-order chi connectivity index (χ1) is 18.3. The van der Waals surface area contributed by atoms with Crippen molar-refractivity contribution < 1.29 is 22.7 Å². The van der Waals surface area contributed by atoms with E-state index in [-0.39, 0.29) is 23.6 Å². The number of amides is 1. The maximum absolute atomic E-state index is 13.2. The van der Waals surface area contributed by atoms with Crippen molar-refractivity contribution in [1.29, 1.82) is 0 Å². The van der Waals surface area contributed by atoms with Crippen LogP contribution in [0.3, 0.4) is 0 Å². The second-order valence-corrected chi connectivity index (χ2v) is 11.0. The van der Waals surface area contributed by atoms with Gasteiger partial charge >= 0.3 is 5.97 Å². The van der Waals surface area contributed by atoms with Crippen molar-refractivity contribution in [3.05, 3.63) is 101 Å². The number of esters is 1. The highest BCUT2D eigenvalue weighted by Gasteiger charge is 2.23. The van der Waals surface area contributed by atoms with Crippen molar-refractivity contribution in [1.82, 2.24) is 4.57 Å². The number of carbonyl (C=O) groups is 2. The molecule has 4 rings (SSSR count). The van der Waals surface area contributed by atoms with E-state index in [1.165, 1.54) is 39.9 Å². The molecule has 1 heterocycles. The molecule has 0 aliphatic carbocycles. The molecule has 196 valence electrons. The van der Waals surface area contributed by atoms with Crippen LogP contribution in [-0.4, -0.2) is 38.0 Å². The minimum absolute atomic E-state index is 0.0785. The number of benzene rings is 3. The molecule has 0 unspecified atom stereocenters. The summed E-state index contributed by atoms with van der Waals surface area (Å²) in [6.07, 6.45) is 1.70. The standard InChI is InChI=1S/C28H27N3O5S2/c1-4-18-30-24-17-14-21(27(33)36-6-3)19-25(24)37-28(30)29-26(32)20-12-15-23(16-13-20)38(34,35)31(5-2)22-10-8-7-9-11-22/h4,7-17,19H,1,5-6,18H2,2-3H3. The van der Waals surface area contributed by atoms with E-state index in [4.69, 9.17) is 4.74 Å². The summed E-state index contributed by atoms with van der Waals surface area (Å²) in [7, 11) is -3.81. The molecule has 0 aliphatic rings. The minimum atomic E-state index is -3.81. The van der Waals surface area contributed by atoms with Gasteiger partial charge in [0.25, 0.3) is 15.9 Å². The van der Waals surface area contributed by atoms with Gasteiger partial charge in [-0.15, -0.1) is 6.58 Å². The normalized spacial score (nSPS) is 11.9. The van der Waals surface area contributed by atoms with Crippen LogP contribution in [-0.2, 0) is 21.3 Å². The Balaban J connectivity index is 1.67. The zero-order valence-electron chi connectivity index (χ0n) is 21.0. The van der Waals surface area contributed by atoms with Gasteiger partial charge in [0.1, 0.15) is 0 Å². The van der Waals surface area contributed by atoms with Crippen LogP contribution in [0.15, 0.2) is 95.3 Å². The highest BCUT2D eigenvalue weighted by Crippen LogP contribution is 2.24. The molecule has 0 atom stereocenters. The Morgan fingerprint density at radius 1 is 1.03 bits per heavy atom. The summed E-state index contributed by atoms with van der Waals surface area (Å²) in [5.74, 6) is -0.934. The summed E-state index contributed by atoms with van der Waals surface area (Å²) in [4.78, 5) is 30.0. The third-order valence-electron chi connectivity index (χ3n) is 5.72. The number of anilines is 1. The number of aromatic nitrogens is 1. The van der Waals surface area contributed by atoms with Gasteiger partial charge in [0.15, 0.2) is 4.80 Å². The number of ether oxygens (including phenoxy) is 1. The van der Waals surface area contributed by atoms with E-state index < -0.39 is 21.9 Å². The van der Waals surface area contributed by atoms with Crippen LogP contribution in [0.1, 0.15) is 34.6 Å². The molecular formula is C28H27N3O5S2. The molecule has 0 fully saturated rings. The number of carbonyl (C=O) groups excluding carboxylic acids is 2. The van der Waals surface area contributed by atoms with Gasteiger partial charge < -0.3 is 9.30 Å². The molecule has 8 nitrogen and oxygen atoms in total. The molecule has 0 radical (unpaired) electrons. The summed E-state index contributed by atoms with van der Waals surface area (Å²) in [5.41, 5.74) is 2.03. The van der Waals surface area contributed by atoms with E-state index >= 15 is 0 Å². The molecule has 0 saturated carbocycles. The Hall–Kier alpha value is -4.02. The van der Waals surface area contributed by atoms with Crippen molar-refractivity contribution in [2.45, 2.75) is 25.3 Å². The molecule has 0 N–H and O–H groups in total. The molecule has 10 heteroatoms. The van der Waals surface area contributed by atoms with Crippen molar-refractivity contribution in [2.24, 2.45) is 4.99 Å². The molecule has 0 saturated heterocycles. The quantitative estimate of drug-likeness (QED) is 0.216. The second kappa shape index (κ2) is 11.6. The van der Waals surface area contributed by atoms with Gasteiger partial charge in [0.2, 0.25) is 0 Å². The number of nitrogens with zero attached hydrogens (tertiary/aromatic N) is 3. The first kappa shape index (κ1) is 27.0. The average Bonchev–Trinajstić information content (AvgIpc) is 3.26. The van der Waals surface area contributed by atoms with Crippen LogP contribution in [0.5, 0.6) is 0 Å². The van der Waals surface area contributed by atoms with E-state index in [2.05, 4.69) is 11.6 Å². The van der Waals surface area contributed by atoms with Crippen LogP contribution in [0.2, 0.25) is 0 Å². The fourth-order valence-corrected chi connectivity index (χ4v) is 6.49. The Bertz CT molecular complexity index is 1650. The molecule has 1 aromatic heterocycles. The highest BCUT2D eigenvalue weighted by atomic mass is 32.2. The van der Waals surface area contributed by atoms with Gasteiger partial charge in [-0.2, -0.15) is 4.99 Å². The number of hydrogen-bond acceptors (Lipinski definition) is 6. The van der Waals surface area contributed by atoms with Crippen LogP contribution in [0.25, 0.3) is 10.2 Å². The third kappa shape index (κ3) is 5.46. The smallest absolute Gasteiger partial charge is 0.338 e. The summed E-state index contributed by atoms with van der Waals surface area (Å²) in [6.45, 7) is 8.24. The van der Waals surface area contributed by atoms with Gasteiger partial charge in [-0.1, -0.05) is 35.6 Å². The first-order valence-corrected chi connectivity index (χ1v) is 14.2. The topological polar surface area (TPSA) is 98.0 Å².